The van der Waals surface area contributed by atoms with Gasteiger partial charge in [0.15, 0.2) is 0 Å². The van der Waals surface area contributed by atoms with Crippen LogP contribution in [0.5, 0.6) is 5.75 Å². The molecule has 0 saturated heterocycles. The van der Waals surface area contributed by atoms with Gasteiger partial charge in [0.2, 0.25) is 0 Å². The summed E-state index contributed by atoms with van der Waals surface area (Å²) in [6.45, 7) is 1.89. The number of carbonyl (C=O) groups is 1. The first kappa shape index (κ1) is 15.4. The van der Waals surface area contributed by atoms with E-state index in [2.05, 4.69) is 0 Å². The lowest BCUT2D eigenvalue weighted by atomic mass is 9.91. The average molecular weight is 305 g/mol. The van der Waals surface area contributed by atoms with Crippen LogP contribution in [-0.2, 0) is 11.2 Å². The largest absolute Gasteiger partial charge is 0.497 e. The molecule has 0 aliphatic rings. The highest BCUT2D eigenvalue weighted by Crippen LogP contribution is 2.27. The van der Waals surface area contributed by atoms with Crippen molar-refractivity contribution in [1.29, 1.82) is 0 Å². The molecule has 4 heteroatoms. The van der Waals surface area contributed by atoms with Crippen LogP contribution in [0.25, 0.3) is 0 Å². The number of benzene rings is 2. The van der Waals surface area contributed by atoms with Crippen molar-refractivity contribution in [2.24, 2.45) is 0 Å². The monoisotopic (exact) mass is 304 g/mol. The van der Waals surface area contributed by atoms with Crippen LogP contribution in [0, 0.1) is 6.92 Å². The molecule has 110 valence electrons. The van der Waals surface area contributed by atoms with Crippen LogP contribution in [0.3, 0.4) is 0 Å². The zero-order valence-corrected chi connectivity index (χ0v) is 12.7. The van der Waals surface area contributed by atoms with Gasteiger partial charge >= 0.3 is 5.97 Å². The predicted octanol–water partition coefficient (Wildman–Crippen LogP) is 4.07. The maximum absolute atomic E-state index is 11.6. The maximum atomic E-state index is 11.6. The van der Waals surface area contributed by atoms with E-state index in [4.69, 9.17) is 16.3 Å². The van der Waals surface area contributed by atoms with E-state index in [1.54, 1.807) is 13.2 Å². The Hall–Kier alpha value is -2.00. The Kier molecular flexibility index (Phi) is 4.86. The molecule has 2 aromatic carbocycles. The zero-order valence-electron chi connectivity index (χ0n) is 12.0. The van der Waals surface area contributed by atoms with Gasteiger partial charge in [0, 0.05) is 5.02 Å². The van der Waals surface area contributed by atoms with Gasteiger partial charge < -0.3 is 9.84 Å². The van der Waals surface area contributed by atoms with Crippen LogP contribution in [-0.4, -0.2) is 18.2 Å². The number of rotatable bonds is 5. The highest BCUT2D eigenvalue weighted by molar-refractivity contribution is 6.31. The van der Waals surface area contributed by atoms with E-state index in [0.29, 0.717) is 17.0 Å². The van der Waals surface area contributed by atoms with Gasteiger partial charge in [-0.05, 0) is 48.2 Å². The van der Waals surface area contributed by atoms with Crippen molar-refractivity contribution < 1.29 is 14.6 Å². The minimum atomic E-state index is -0.863. The van der Waals surface area contributed by atoms with Gasteiger partial charge in [0.25, 0.3) is 0 Å². The van der Waals surface area contributed by atoms with E-state index in [0.717, 1.165) is 16.9 Å². The lowest BCUT2D eigenvalue weighted by Gasteiger charge is -2.14. The van der Waals surface area contributed by atoms with E-state index < -0.39 is 11.9 Å². The molecule has 0 saturated carbocycles. The quantitative estimate of drug-likeness (QED) is 0.906. The fourth-order valence-corrected chi connectivity index (χ4v) is 2.40. The molecule has 0 fully saturated rings. The third-order valence-corrected chi connectivity index (χ3v) is 3.88. The Bertz CT molecular complexity index is 652. The van der Waals surface area contributed by atoms with E-state index in [1.807, 2.05) is 43.3 Å². The molecule has 0 amide bonds. The Morgan fingerprint density at radius 3 is 2.67 bits per heavy atom. The second kappa shape index (κ2) is 6.64. The number of carboxylic acids is 1. The van der Waals surface area contributed by atoms with E-state index in [-0.39, 0.29) is 0 Å². The predicted molar refractivity (Wildman–Crippen MR) is 83.3 cm³/mol. The number of aliphatic carboxylic acids is 1. The lowest BCUT2D eigenvalue weighted by molar-refractivity contribution is -0.138. The molecule has 0 spiro atoms. The third kappa shape index (κ3) is 3.76. The van der Waals surface area contributed by atoms with Crippen LogP contribution >= 0.6 is 11.6 Å². The molecule has 0 radical (unpaired) electrons. The minimum absolute atomic E-state index is 0.395. The van der Waals surface area contributed by atoms with E-state index in [1.165, 1.54) is 0 Å². The fourth-order valence-electron chi connectivity index (χ4n) is 2.21. The number of aryl methyl sites for hydroxylation is 1. The van der Waals surface area contributed by atoms with Crippen molar-refractivity contribution >= 4 is 17.6 Å². The van der Waals surface area contributed by atoms with Gasteiger partial charge in [-0.1, -0.05) is 35.9 Å². The molecule has 0 heterocycles. The lowest BCUT2D eigenvalue weighted by Crippen LogP contribution is -2.14. The fraction of sp³-hybridized carbons (Fsp3) is 0.235. The summed E-state index contributed by atoms with van der Waals surface area (Å²) >= 11 is 6.10. The summed E-state index contributed by atoms with van der Waals surface area (Å²) in [5.74, 6) is -0.772. The zero-order chi connectivity index (χ0) is 15.4. The van der Waals surface area contributed by atoms with E-state index in [9.17, 15) is 9.90 Å². The standard InChI is InChI=1S/C17H17ClO3/c1-11-6-7-13(10-16(11)18)15(17(19)20)9-12-4-3-5-14(8-12)21-2/h3-8,10,15H,9H2,1-2H3,(H,19,20). The second-order valence-corrected chi connectivity index (χ2v) is 5.36. The van der Waals surface area contributed by atoms with E-state index >= 15 is 0 Å². The van der Waals surface area contributed by atoms with Crippen LogP contribution < -0.4 is 4.74 Å². The maximum Gasteiger partial charge on any atom is 0.311 e. The molecule has 1 N–H and O–H groups in total. The van der Waals surface area contributed by atoms with Crippen molar-refractivity contribution in [3.63, 3.8) is 0 Å². The summed E-state index contributed by atoms with van der Waals surface area (Å²) < 4.78 is 5.17. The summed E-state index contributed by atoms with van der Waals surface area (Å²) in [6, 6.07) is 12.8. The highest BCUT2D eigenvalue weighted by atomic mass is 35.5. The summed E-state index contributed by atoms with van der Waals surface area (Å²) in [6.07, 6.45) is 0.395. The molecule has 0 aliphatic heterocycles. The van der Waals surface area contributed by atoms with Crippen molar-refractivity contribution in [2.75, 3.05) is 7.11 Å². The van der Waals surface area contributed by atoms with Crippen LogP contribution in [0.15, 0.2) is 42.5 Å². The number of ether oxygens (including phenoxy) is 1. The Labute approximate surface area is 129 Å². The molecule has 3 nitrogen and oxygen atoms in total. The average Bonchev–Trinajstić information content (AvgIpc) is 2.47. The molecule has 0 bridgehead atoms. The first-order valence-corrected chi connectivity index (χ1v) is 7.01. The van der Waals surface area contributed by atoms with Crippen molar-refractivity contribution in [2.45, 2.75) is 19.3 Å². The topological polar surface area (TPSA) is 46.5 Å². The van der Waals surface area contributed by atoms with Crippen LogP contribution in [0.1, 0.15) is 22.6 Å². The number of carboxylic acid groups (broad SMARTS) is 1. The summed E-state index contributed by atoms with van der Waals surface area (Å²) in [7, 11) is 1.59. The van der Waals surface area contributed by atoms with Gasteiger partial charge in [-0.25, -0.2) is 0 Å². The van der Waals surface area contributed by atoms with Gasteiger partial charge in [0.05, 0.1) is 13.0 Å². The molecular formula is C17H17ClO3. The van der Waals surface area contributed by atoms with Crippen LogP contribution in [0.2, 0.25) is 5.02 Å². The Morgan fingerprint density at radius 2 is 2.05 bits per heavy atom. The molecule has 1 atom stereocenters. The summed E-state index contributed by atoms with van der Waals surface area (Å²) in [4.78, 5) is 11.6. The SMILES string of the molecule is COc1cccc(CC(C(=O)O)c2ccc(C)c(Cl)c2)c1. The van der Waals surface area contributed by atoms with Crippen LogP contribution in [0.4, 0.5) is 0 Å². The molecule has 21 heavy (non-hydrogen) atoms. The molecule has 2 aromatic rings. The smallest absolute Gasteiger partial charge is 0.311 e. The molecule has 1 unspecified atom stereocenters. The number of hydrogen-bond acceptors (Lipinski definition) is 2. The number of halogens is 1. The van der Waals surface area contributed by atoms with Crippen molar-refractivity contribution in [1.82, 2.24) is 0 Å². The van der Waals surface area contributed by atoms with Crippen molar-refractivity contribution in [3.05, 3.63) is 64.2 Å². The molecule has 2 rings (SSSR count). The normalized spacial score (nSPS) is 12.0. The minimum Gasteiger partial charge on any atom is -0.497 e. The first-order chi connectivity index (χ1) is 10.0. The Balaban J connectivity index is 2.30. The second-order valence-electron chi connectivity index (χ2n) is 4.96. The number of methoxy groups -OCH3 is 1. The molecular weight excluding hydrogens is 288 g/mol. The Morgan fingerprint density at radius 1 is 1.29 bits per heavy atom. The van der Waals surface area contributed by atoms with Gasteiger partial charge in [-0.15, -0.1) is 0 Å². The van der Waals surface area contributed by atoms with Gasteiger partial charge in [-0.3, -0.25) is 4.79 Å². The van der Waals surface area contributed by atoms with Gasteiger partial charge in [0.1, 0.15) is 5.75 Å². The molecule has 0 aromatic heterocycles. The first-order valence-electron chi connectivity index (χ1n) is 6.63. The number of hydrogen-bond donors (Lipinski definition) is 1. The summed E-state index contributed by atoms with van der Waals surface area (Å²) in [5, 5.41) is 10.1. The van der Waals surface area contributed by atoms with Crippen molar-refractivity contribution in [3.8, 4) is 5.75 Å². The summed E-state index contributed by atoms with van der Waals surface area (Å²) in [5.41, 5.74) is 2.56. The van der Waals surface area contributed by atoms with Gasteiger partial charge in [-0.2, -0.15) is 0 Å². The highest BCUT2D eigenvalue weighted by Gasteiger charge is 2.21. The molecule has 0 aliphatic carbocycles. The third-order valence-electron chi connectivity index (χ3n) is 3.47.